The van der Waals surface area contributed by atoms with Crippen molar-refractivity contribution in [3.8, 4) is 0 Å². The zero-order chi connectivity index (χ0) is 16.2. The molecule has 0 N–H and O–H groups in total. The number of hydrogen-bond donors (Lipinski definition) is 0. The lowest BCUT2D eigenvalue weighted by Crippen LogP contribution is -2.35. The molecule has 0 spiro atoms. The molecule has 0 bridgehead atoms. The molecule has 1 aromatic rings. The maximum absolute atomic E-state index is 11.7. The van der Waals surface area contributed by atoms with Crippen LogP contribution < -0.4 is 4.90 Å². The molecule has 2 saturated heterocycles. The molecule has 2 fully saturated rings. The van der Waals surface area contributed by atoms with E-state index in [0.717, 1.165) is 44.8 Å². The van der Waals surface area contributed by atoms with Crippen molar-refractivity contribution in [2.75, 3.05) is 51.4 Å². The third kappa shape index (κ3) is 3.79. The molecular formula is C16H24N4O3. The Hall–Kier alpha value is -1.73. The van der Waals surface area contributed by atoms with Gasteiger partial charge in [-0.1, -0.05) is 0 Å². The average Bonchev–Trinajstić information content (AvgIpc) is 2.99. The first kappa shape index (κ1) is 16.1. The fourth-order valence-corrected chi connectivity index (χ4v) is 3.20. The van der Waals surface area contributed by atoms with Gasteiger partial charge in [-0.3, -0.25) is 4.90 Å². The summed E-state index contributed by atoms with van der Waals surface area (Å²) in [6, 6.07) is 1.95. The predicted octanol–water partition coefficient (Wildman–Crippen LogP) is 1.57. The first-order chi connectivity index (χ1) is 11.2. The number of piperidine rings is 1. The molecule has 1 aromatic heterocycles. The Labute approximate surface area is 136 Å². The molecule has 0 radical (unpaired) electrons. The zero-order valence-electron chi connectivity index (χ0n) is 13.8. The van der Waals surface area contributed by atoms with Crippen LogP contribution in [0.15, 0.2) is 6.07 Å². The number of nitrogens with zero attached hydrogens (tertiary/aromatic N) is 4. The largest absolute Gasteiger partial charge is 0.447 e. The van der Waals surface area contributed by atoms with E-state index in [4.69, 9.17) is 9.47 Å². The van der Waals surface area contributed by atoms with Crippen LogP contribution in [0.1, 0.15) is 30.3 Å². The van der Waals surface area contributed by atoms with Crippen LogP contribution in [-0.2, 0) is 9.47 Å². The Morgan fingerprint density at radius 1 is 1.30 bits per heavy atom. The highest BCUT2D eigenvalue weighted by Gasteiger charge is 2.27. The van der Waals surface area contributed by atoms with Crippen molar-refractivity contribution in [3.05, 3.63) is 17.6 Å². The minimum atomic E-state index is -0.316. The number of ether oxygens (including phenoxy) is 2. The van der Waals surface area contributed by atoms with Crippen molar-refractivity contribution in [2.24, 2.45) is 0 Å². The Balaban J connectivity index is 1.69. The highest BCUT2D eigenvalue weighted by atomic mass is 16.6. The number of carbonyl (C=O) groups is 1. The summed E-state index contributed by atoms with van der Waals surface area (Å²) in [6.07, 6.45) is 1.83. The zero-order valence-corrected chi connectivity index (χ0v) is 13.8. The van der Waals surface area contributed by atoms with Crippen LogP contribution in [0.3, 0.4) is 0 Å². The molecule has 7 heteroatoms. The third-order valence-corrected chi connectivity index (χ3v) is 4.50. The maximum Gasteiger partial charge on any atom is 0.415 e. The monoisotopic (exact) mass is 320 g/mol. The van der Waals surface area contributed by atoms with Gasteiger partial charge in [0.25, 0.3) is 0 Å². The van der Waals surface area contributed by atoms with Gasteiger partial charge < -0.3 is 14.4 Å². The molecule has 2 aliphatic heterocycles. The number of anilines is 1. The van der Waals surface area contributed by atoms with Gasteiger partial charge in [0.2, 0.25) is 0 Å². The third-order valence-electron chi connectivity index (χ3n) is 4.50. The molecule has 0 unspecified atom stereocenters. The molecular weight excluding hydrogens is 296 g/mol. The lowest BCUT2D eigenvalue weighted by Gasteiger charge is -2.31. The Bertz CT molecular complexity index is 558. The number of cyclic esters (lactones) is 1. The number of aromatic nitrogens is 2. The van der Waals surface area contributed by atoms with Crippen LogP contribution >= 0.6 is 0 Å². The first-order valence-electron chi connectivity index (χ1n) is 8.18. The average molecular weight is 320 g/mol. The van der Waals surface area contributed by atoms with Crippen LogP contribution in [0, 0.1) is 6.92 Å². The second-order valence-electron chi connectivity index (χ2n) is 6.07. The summed E-state index contributed by atoms with van der Waals surface area (Å²) in [5.74, 6) is 1.80. The fourth-order valence-electron chi connectivity index (χ4n) is 3.20. The van der Waals surface area contributed by atoms with Crippen LogP contribution in [0.25, 0.3) is 0 Å². The summed E-state index contributed by atoms with van der Waals surface area (Å²) in [5.41, 5.74) is 1.04. The lowest BCUT2D eigenvalue weighted by atomic mass is 9.93. The number of carbonyl (C=O) groups excluding carboxylic acids is 1. The van der Waals surface area contributed by atoms with Gasteiger partial charge in [-0.25, -0.2) is 14.8 Å². The molecule has 3 heterocycles. The van der Waals surface area contributed by atoms with Crippen molar-refractivity contribution in [1.29, 1.82) is 0 Å². The van der Waals surface area contributed by atoms with Crippen molar-refractivity contribution in [2.45, 2.75) is 25.7 Å². The molecule has 2 aliphatic rings. The van der Waals surface area contributed by atoms with Gasteiger partial charge in [-0.2, -0.15) is 0 Å². The van der Waals surface area contributed by atoms with E-state index in [1.54, 1.807) is 12.0 Å². The molecule has 0 saturated carbocycles. The van der Waals surface area contributed by atoms with Gasteiger partial charge in [0.1, 0.15) is 18.2 Å². The van der Waals surface area contributed by atoms with E-state index in [9.17, 15) is 4.79 Å². The van der Waals surface area contributed by atoms with E-state index in [1.807, 2.05) is 13.0 Å². The smallest absolute Gasteiger partial charge is 0.415 e. The fraction of sp³-hybridized carbons (Fsp3) is 0.688. The normalized spacial score (nSPS) is 20.1. The van der Waals surface area contributed by atoms with E-state index in [-0.39, 0.29) is 6.09 Å². The minimum absolute atomic E-state index is 0.316. The van der Waals surface area contributed by atoms with Gasteiger partial charge in [0.15, 0.2) is 0 Å². The number of hydrogen-bond acceptors (Lipinski definition) is 6. The van der Waals surface area contributed by atoms with Crippen molar-refractivity contribution in [1.82, 2.24) is 14.9 Å². The van der Waals surface area contributed by atoms with Gasteiger partial charge >= 0.3 is 6.09 Å². The second-order valence-corrected chi connectivity index (χ2v) is 6.07. The lowest BCUT2D eigenvalue weighted by molar-refractivity contribution is 0.130. The summed E-state index contributed by atoms with van der Waals surface area (Å²) in [4.78, 5) is 24.8. The van der Waals surface area contributed by atoms with E-state index in [2.05, 4.69) is 14.9 Å². The summed E-state index contributed by atoms with van der Waals surface area (Å²) < 4.78 is 10.1. The first-order valence-corrected chi connectivity index (χ1v) is 8.18. The number of aryl methyl sites for hydroxylation is 1. The summed E-state index contributed by atoms with van der Waals surface area (Å²) >= 11 is 0. The Morgan fingerprint density at radius 2 is 2.09 bits per heavy atom. The molecule has 0 aliphatic carbocycles. The van der Waals surface area contributed by atoms with E-state index >= 15 is 0 Å². The van der Waals surface area contributed by atoms with Gasteiger partial charge in [-0.05, 0) is 32.9 Å². The van der Waals surface area contributed by atoms with Gasteiger partial charge in [-0.15, -0.1) is 0 Å². The maximum atomic E-state index is 11.7. The summed E-state index contributed by atoms with van der Waals surface area (Å²) in [6.45, 7) is 6.73. The van der Waals surface area contributed by atoms with E-state index < -0.39 is 0 Å². The number of amides is 1. The molecule has 23 heavy (non-hydrogen) atoms. The highest BCUT2D eigenvalue weighted by molar-refractivity contribution is 5.88. The Morgan fingerprint density at radius 3 is 2.74 bits per heavy atom. The number of likely N-dealkylation sites (tertiary alicyclic amines) is 1. The van der Waals surface area contributed by atoms with Crippen LogP contribution in [0.2, 0.25) is 0 Å². The predicted molar refractivity (Wildman–Crippen MR) is 85.8 cm³/mol. The molecule has 0 aromatic carbocycles. The van der Waals surface area contributed by atoms with E-state index in [1.165, 1.54) is 0 Å². The highest BCUT2D eigenvalue weighted by Crippen LogP contribution is 2.29. The van der Waals surface area contributed by atoms with Crippen LogP contribution in [0.5, 0.6) is 0 Å². The molecule has 1 amide bonds. The quantitative estimate of drug-likeness (QED) is 0.820. The van der Waals surface area contributed by atoms with Crippen molar-refractivity contribution >= 4 is 11.9 Å². The van der Waals surface area contributed by atoms with Gasteiger partial charge in [0, 0.05) is 31.3 Å². The Kier molecular flexibility index (Phi) is 5.07. The van der Waals surface area contributed by atoms with Crippen LogP contribution in [-0.4, -0.2) is 67.5 Å². The van der Waals surface area contributed by atoms with Crippen LogP contribution in [0.4, 0.5) is 10.6 Å². The standard InChI is InChI=1S/C16H24N4O3/c1-12-17-14(11-15(18-12)20-8-10-23-16(20)21)13-3-5-19(6-4-13)7-9-22-2/h11,13H,3-10H2,1-2H3. The molecule has 3 rings (SSSR count). The van der Waals surface area contributed by atoms with Crippen molar-refractivity contribution in [3.63, 3.8) is 0 Å². The summed E-state index contributed by atoms with van der Waals surface area (Å²) in [7, 11) is 1.74. The SMILES string of the molecule is COCCN1CCC(c2cc(N3CCOC3=O)nc(C)n2)CC1. The number of methoxy groups -OCH3 is 1. The summed E-state index contributed by atoms with van der Waals surface area (Å²) in [5, 5.41) is 0. The number of rotatable bonds is 5. The van der Waals surface area contributed by atoms with E-state index in [0.29, 0.717) is 30.7 Å². The molecule has 126 valence electrons. The molecule has 7 nitrogen and oxygen atoms in total. The van der Waals surface area contributed by atoms with Gasteiger partial charge in [0.05, 0.1) is 13.2 Å². The minimum Gasteiger partial charge on any atom is -0.447 e. The van der Waals surface area contributed by atoms with Crippen molar-refractivity contribution < 1.29 is 14.3 Å². The second kappa shape index (κ2) is 7.23. The molecule has 0 atom stereocenters. The topological polar surface area (TPSA) is 67.8 Å².